The number of benzene rings is 1. The van der Waals surface area contributed by atoms with Gasteiger partial charge in [0.2, 0.25) is 0 Å². The van der Waals surface area contributed by atoms with E-state index in [1.165, 1.54) is 0 Å². The third-order valence-corrected chi connectivity index (χ3v) is 3.13. The molecule has 1 N–H and O–H groups in total. The van der Waals surface area contributed by atoms with E-state index < -0.39 is 6.61 Å². The molecule has 0 unspecified atom stereocenters. The highest BCUT2D eigenvalue weighted by molar-refractivity contribution is 5.97. The highest BCUT2D eigenvalue weighted by Crippen LogP contribution is 2.30. The molecule has 0 amide bonds. The average Bonchev–Trinajstić information content (AvgIpc) is 2.25. The van der Waals surface area contributed by atoms with E-state index in [0.717, 1.165) is 11.1 Å². The first-order valence-electron chi connectivity index (χ1n) is 6.36. The zero-order valence-electron chi connectivity index (χ0n) is 12.3. The normalized spacial score (nSPS) is 12.6. The Morgan fingerprint density at radius 3 is 1.61 bits per heavy atom. The lowest BCUT2D eigenvalue weighted by Gasteiger charge is -2.25. The maximum Gasteiger partial charge on any atom is 0.188 e. The van der Waals surface area contributed by atoms with Crippen molar-refractivity contribution in [2.75, 3.05) is 6.61 Å². The van der Waals surface area contributed by atoms with Gasteiger partial charge in [0.1, 0.15) is 6.61 Å². The molecule has 0 spiro atoms. The zero-order chi connectivity index (χ0) is 14.1. The standard InChI is InChI=1S/C16H24O2/c1-15(2,3)12-7-11(14(18)10-17)8-13(9-12)16(4,5)6/h7-9,17H,10H2,1-6H3. The van der Waals surface area contributed by atoms with Crippen LogP contribution in [0.4, 0.5) is 0 Å². The summed E-state index contributed by atoms with van der Waals surface area (Å²) in [6.45, 7) is 12.3. The molecule has 0 saturated carbocycles. The molecule has 0 aliphatic rings. The second kappa shape index (κ2) is 4.85. The van der Waals surface area contributed by atoms with Crippen LogP contribution in [-0.2, 0) is 10.8 Å². The Morgan fingerprint density at radius 1 is 0.944 bits per heavy atom. The van der Waals surface area contributed by atoms with Gasteiger partial charge in [0, 0.05) is 5.56 Å². The van der Waals surface area contributed by atoms with Crippen molar-refractivity contribution in [3.05, 3.63) is 34.9 Å². The Bertz CT molecular complexity index is 413. The molecule has 18 heavy (non-hydrogen) atoms. The van der Waals surface area contributed by atoms with Crippen LogP contribution in [0.3, 0.4) is 0 Å². The minimum atomic E-state index is -0.433. The van der Waals surface area contributed by atoms with E-state index >= 15 is 0 Å². The number of rotatable bonds is 2. The first-order valence-corrected chi connectivity index (χ1v) is 6.36. The van der Waals surface area contributed by atoms with Crippen molar-refractivity contribution in [3.8, 4) is 0 Å². The van der Waals surface area contributed by atoms with Crippen LogP contribution in [0.15, 0.2) is 18.2 Å². The number of carbonyl (C=O) groups excluding carboxylic acids is 1. The van der Waals surface area contributed by atoms with Crippen LogP contribution in [0.2, 0.25) is 0 Å². The van der Waals surface area contributed by atoms with Crippen LogP contribution >= 0.6 is 0 Å². The van der Waals surface area contributed by atoms with Crippen LogP contribution in [0, 0.1) is 0 Å². The van der Waals surface area contributed by atoms with Crippen LogP contribution in [0.25, 0.3) is 0 Å². The third kappa shape index (κ3) is 3.42. The van der Waals surface area contributed by atoms with Gasteiger partial charge >= 0.3 is 0 Å². The Morgan fingerprint density at radius 2 is 1.33 bits per heavy atom. The molecule has 100 valence electrons. The first kappa shape index (κ1) is 14.9. The summed E-state index contributed by atoms with van der Waals surface area (Å²) in [5.74, 6) is -0.216. The summed E-state index contributed by atoms with van der Waals surface area (Å²) < 4.78 is 0. The highest BCUT2D eigenvalue weighted by Gasteiger charge is 2.21. The second-order valence-electron chi connectivity index (χ2n) is 6.88. The van der Waals surface area contributed by atoms with E-state index in [2.05, 4.69) is 47.6 Å². The lowest BCUT2D eigenvalue weighted by atomic mass is 9.79. The van der Waals surface area contributed by atoms with Crippen molar-refractivity contribution in [2.24, 2.45) is 0 Å². The second-order valence-corrected chi connectivity index (χ2v) is 6.88. The summed E-state index contributed by atoms with van der Waals surface area (Å²) in [7, 11) is 0. The van der Waals surface area contributed by atoms with Gasteiger partial charge in [-0.25, -0.2) is 0 Å². The lowest BCUT2D eigenvalue weighted by Crippen LogP contribution is -2.18. The fourth-order valence-corrected chi connectivity index (χ4v) is 1.75. The molecule has 0 aliphatic heterocycles. The monoisotopic (exact) mass is 248 g/mol. The summed E-state index contributed by atoms with van der Waals surface area (Å²) in [5.41, 5.74) is 2.85. The lowest BCUT2D eigenvalue weighted by molar-refractivity contribution is 0.0903. The van der Waals surface area contributed by atoms with E-state index in [4.69, 9.17) is 5.11 Å². The van der Waals surface area contributed by atoms with Crippen molar-refractivity contribution in [2.45, 2.75) is 52.4 Å². The highest BCUT2D eigenvalue weighted by atomic mass is 16.3. The number of aliphatic hydroxyl groups excluding tert-OH is 1. The van der Waals surface area contributed by atoms with E-state index in [1.54, 1.807) is 0 Å². The van der Waals surface area contributed by atoms with E-state index in [-0.39, 0.29) is 16.6 Å². The molecular formula is C16H24O2. The molecule has 0 saturated heterocycles. The van der Waals surface area contributed by atoms with Gasteiger partial charge in [0.15, 0.2) is 5.78 Å². The van der Waals surface area contributed by atoms with Gasteiger partial charge in [-0.1, -0.05) is 47.6 Å². The molecule has 0 aliphatic carbocycles. The first-order chi connectivity index (χ1) is 8.05. The summed E-state index contributed by atoms with van der Waals surface area (Å²) in [6.07, 6.45) is 0. The van der Waals surface area contributed by atoms with Crippen molar-refractivity contribution in [3.63, 3.8) is 0 Å². The van der Waals surface area contributed by atoms with Crippen LogP contribution in [0.1, 0.15) is 63.0 Å². The number of hydrogen-bond acceptors (Lipinski definition) is 2. The van der Waals surface area contributed by atoms with Gasteiger partial charge < -0.3 is 5.11 Å². The largest absolute Gasteiger partial charge is 0.388 e. The molecule has 0 radical (unpaired) electrons. The fraction of sp³-hybridized carbons (Fsp3) is 0.562. The molecule has 2 heteroatoms. The molecule has 2 nitrogen and oxygen atoms in total. The SMILES string of the molecule is CC(C)(C)c1cc(C(=O)CO)cc(C(C)(C)C)c1. The molecule has 0 aromatic heterocycles. The molecule has 1 rings (SSSR count). The van der Waals surface area contributed by atoms with E-state index in [1.807, 2.05) is 12.1 Å². The minimum absolute atomic E-state index is 0.00819. The topological polar surface area (TPSA) is 37.3 Å². The van der Waals surface area contributed by atoms with Crippen molar-refractivity contribution >= 4 is 5.78 Å². The maximum absolute atomic E-state index is 11.7. The third-order valence-electron chi connectivity index (χ3n) is 3.13. The summed E-state index contributed by atoms with van der Waals surface area (Å²) in [5, 5.41) is 9.03. The molecule has 1 aromatic carbocycles. The van der Waals surface area contributed by atoms with Crippen LogP contribution in [0.5, 0.6) is 0 Å². The minimum Gasteiger partial charge on any atom is -0.388 e. The van der Waals surface area contributed by atoms with Gasteiger partial charge in [0.05, 0.1) is 0 Å². The Hall–Kier alpha value is -1.15. The van der Waals surface area contributed by atoms with Gasteiger partial charge in [-0.3, -0.25) is 4.79 Å². The number of hydrogen-bond donors (Lipinski definition) is 1. The van der Waals surface area contributed by atoms with Crippen LogP contribution in [-0.4, -0.2) is 17.5 Å². The Kier molecular flexibility index (Phi) is 4.02. The van der Waals surface area contributed by atoms with Crippen molar-refractivity contribution < 1.29 is 9.90 Å². The fourth-order valence-electron chi connectivity index (χ4n) is 1.75. The Balaban J connectivity index is 3.44. The van der Waals surface area contributed by atoms with E-state index in [9.17, 15) is 4.79 Å². The van der Waals surface area contributed by atoms with Crippen molar-refractivity contribution in [1.82, 2.24) is 0 Å². The van der Waals surface area contributed by atoms with E-state index in [0.29, 0.717) is 5.56 Å². The summed E-state index contributed by atoms with van der Waals surface area (Å²) in [4.78, 5) is 11.7. The number of carbonyl (C=O) groups is 1. The quantitative estimate of drug-likeness (QED) is 0.814. The number of ketones is 1. The van der Waals surface area contributed by atoms with Gasteiger partial charge in [-0.05, 0) is 34.1 Å². The smallest absolute Gasteiger partial charge is 0.188 e. The molecule has 0 fully saturated rings. The molecule has 0 atom stereocenters. The maximum atomic E-state index is 11.7. The number of aliphatic hydroxyl groups is 1. The van der Waals surface area contributed by atoms with Gasteiger partial charge in [-0.2, -0.15) is 0 Å². The zero-order valence-corrected chi connectivity index (χ0v) is 12.3. The molecule has 0 heterocycles. The average molecular weight is 248 g/mol. The number of Topliss-reactive ketones (excluding diaryl/α,β-unsaturated/α-hetero) is 1. The predicted octanol–water partition coefficient (Wildman–Crippen LogP) is 3.46. The summed E-state index contributed by atoms with van der Waals surface area (Å²) in [6, 6.07) is 5.95. The Labute approximate surface area is 110 Å². The van der Waals surface area contributed by atoms with Crippen LogP contribution < -0.4 is 0 Å². The molecule has 1 aromatic rings. The summed E-state index contributed by atoms with van der Waals surface area (Å²) >= 11 is 0. The predicted molar refractivity (Wildman–Crippen MR) is 75.3 cm³/mol. The van der Waals surface area contributed by atoms with Gasteiger partial charge in [0.25, 0.3) is 0 Å². The molecule has 0 bridgehead atoms. The van der Waals surface area contributed by atoms with Gasteiger partial charge in [-0.15, -0.1) is 0 Å². The molecular weight excluding hydrogens is 224 g/mol. The van der Waals surface area contributed by atoms with Crippen molar-refractivity contribution in [1.29, 1.82) is 0 Å².